The lowest BCUT2D eigenvalue weighted by atomic mass is 9.77. The van der Waals surface area contributed by atoms with Crippen molar-refractivity contribution in [2.24, 2.45) is 5.41 Å². The average Bonchev–Trinajstić information content (AvgIpc) is 3.56. The lowest BCUT2D eigenvalue weighted by Crippen LogP contribution is -2.44. The molecule has 2 aromatic carbocycles. The lowest BCUT2D eigenvalue weighted by molar-refractivity contribution is -0.138. The average molecular weight is 599 g/mol. The number of alkyl halides is 3. The van der Waals surface area contributed by atoms with Crippen LogP contribution in [0.1, 0.15) is 64.3 Å². The molecule has 222 valence electrons. The first kappa shape index (κ1) is 28.7. The van der Waals surface area contributed by atoms with E-state index < -0.39 is 33.6 Å². The number of hydrogen-bond donors (Lipinski definition) is 1. The Morgan fingerprint density at radius 3 is 2.45 bits per heavy atom. The van der Waals surface area contributed by atoms with Crippen LogP contribution in [0, 0.1) is 5.41 Å². The number of fused-ring (bicyclic) bond motifs is 1. The van der Waals surface area contributed by atoms with Gasteiger partial charge in [0.05, 0.1) is 11.3 Å². The van der Waals surface area contributed by atoms with Crippen LogP contribution in [-0.2, 0) is 28.4 Å². The van der Waals surface area contributed by atoms with Crippen molar-refractivity contribution in [2.45, 2.75) is 50.1 Å². The second-order valence-electron chi connectivity index (χ2n) is 11.7. The molecule has 1 unspecified atom stereocenters. The molecular weight excluding hydrogens is 565 g/mol. The van der Waals surface area contributed by atoms with Gasteiger partial charge in [-0.2, -0.15) is 13.2 Å². The van der Waals surface area contributed by atoms with Crippen LogP contribution in [0.5, 0.6) is 0 Å². The smallest absolute Gasteiger partial charge is 0.371 e. The predicted octanol–water partition coefficient (Wildman–Crippen LogP) is 5.34. The van der Waals surface area contributed by atoms with Gasteiger partial charge in [0.25, 0.3) is 5.91 Å². The molecule has 1 aliphatic carbocycles. The molecule has 7 nitrogen and oxygen atoms in total. The van der Waals surface area contributed by atoms with Gasteiger partial charge in [-0.15, -0.1) is 0 Å². The maximum Gasteiger partial charge on any atom is 0.416 e. The van der Waals surface area contributed by atoms with Crippen LogP contribution in [-0.4, -0.2) is 50.4 Å². The molecule has 1 N–H and O–H groups in total. The number of rotatable bonds is 6. The monoisotopic (exact) mass is 598 g/mol. The van der Waals surface area contributed by atoms with Gasteiger partial charge in [-0.3, -0.25) is 9.78 Å². The van der Waals surface area contributed by atoms with Crippen LogP contribution in [0.2, 0.25) is 0 Å². The lowest BCUT2D eigenvalue weighted by Gasteiger charge is -2.39. The highest BCUT2D eigenvalue weighted by Crippen LogP contribution is 2.42. The number of carbonyl (C=O) groups excluding carboxylic acids is 1. The minimum Gasteiger partial charge on any atom is -0.371 e. The fourth-order valence-corrected chi connectivity index (χ4v) is 8.15. The van der Waals surface area contributed by atoms with E-state index in [2.05, 4.69) is 14.6 Å². The molecule has 1 spiro atoms. The summed E-state index contributed by atoms with van der Waals surface area (Å²) < 4.78 is 68.8. The van der Waals surface area contributed by atoms with E-state index in [-0.39, 0.29) is 16.9 Å². The third kappa shape index (κ3) is 5.89. The third-order valence-corrected chi connectivity index (χ3v) is 10.4. The molecule has 3 aromatic rings. The fourth-order valence-electron chi connectivity index (χ4n) is 6.73. The van der Waals surface area contributed by atoms with Crippen molar-refractivity contribution in [1.82, 2.24) is 14.6 Å². The number of carbonyl (C=O) groups is 1. The minimum atomic E-state index is -4.65. The summed E-state index contributed by atoms with van der Waals surface area (Å²) in [7, 11) is -4.09. The van der Waals surface area contributed by atoms with Crippen molar-refractivity contribution in [2.75, 3.05) is 31.1 Å². The Kier molecular flexibility index (Phi) is 7.51. The van der Waals surface area contributed by atoms with E-state index in [1.54, 1.807) is 24.5 Å². The van der Waals surface area contributed by atoms with E-state index in [4.69, 9.17) is 0 Å². The summed E-state index contributed by atoms with van der Waals surface area (Å²) in [6.45, 7) is 3.28. The molecule has 3 heterocycles. The zero-order chi connectivity index (χ0) is 29.5. The number of piperidine rings is 1. The summed E-state index contributed by atoms with van der Waals surface area (Å²) in [4.78, 5) is 21.9. The number of aromatic nitrogens is 1. The standard InChI is InChI=1S/C31H33F3N4O3S/c32-31(33,34)27-4-2-1-3-24(27)20-42(40,41)36-28-8-7-22-5-6-23(19-26(22)28)29(39)37-16-11-30(12-17-37)13-18-38(21-30)25-9-14-35-15-10-25/h1-6,9-10,14-15,19,28,36H,7-8,11-13,16-18,20-21H2. The predicted molar refractivity (Wildman–Crippen MR) is 153 cm³/mol. The second-order valence-corrected chi connectivity index (χ2v) is 13.5. The molecular formula is C31H33F3N4O3S. The molecule has 11 heteroatoms. The van der Waals surface area contributed by atoms with Crippen LogP contribution >= 0.6 is 0 Å². The van der Waals surface area contributed by atoms with Crippen LogP contribution in [0.15, 0.2) is 67.0 Å². The highest BCUT2D eigenvalue weighted by atomic mass is 32.2. The van der Waals surface area contributed by atoms with E-state index in [9.17, 15) is 26.4 Å². The quantitative estimate of drug-likeness (QED) is 0.414. The van der Waals surface area contributed by atoms with Gasteiger partial charge in [0, 0.05) is 55.9 Å². The Labute approximate surface area is 243 Å². The largest absolute Gasteiger partial charge is 0.416 e. The van der Waals surface area contributed by atoms with E-state index in [1.807, 2.05) is 23.1 Å². The van der Waals surface area contributed by atoms with Gasteiger partial charge in [-0.1, -0.05) is 24.3 Å². The molecule has 1 amide bonds. The van der Waals surface area contributed by atoms with Gasteiger partial charge in [-0.05, 0) is 84.5 Å². The normalized spacial score (nSPS) is 20.2. The summed E-state index contributed by atoms with van der Waals surface area (Å²) in [6, 6.07) is 13.6. The van der Waals surface area contributed by atoms with Crippen LogP contribution in [0.3, 0.4) is 0 Å². The van der Waals surface area contributed by atoms with Gasteiger partial charge < -0.3 is 9.80 Å². The second kappa shape index (κ2) is 11.0. The Bertz CT molecular complexity index is 1570. The van der Waals surface area contributed by atoms with E-state index in [0.29, 0.717) is 37.1 Å². The summed E-state index contributed by atoms with van der Waals surface area (Å²) in [5.41, 5.74) is 2.26. The first-order chi connectivity index (χ1) is 20.0. The highest BCUT2D eigenvalue weighted by Gasteiger charge is 2.42. The van der Waals surface area contributed by atoms with Crippen molar-refractivity contribution in [3.8, 4) is 0 Å². The number of pyridine rings is 1. The van der Waals surface area contributed by atoms with E-state index in [0.717, 1.165) is 44.0 Å². The molecule has 2 fully saturated rings. The Hall–Kier alpha value is -3.44. The van der Waals surface area contributed by atoms with Crippen LogP contribution < -0.4 is 9.62 Å². The molecule has 42 heavy (non-hydrogen) atoms. The van der Waals surface area contributed by atoms with Gasteiger partial charge >= 0.3 is 6.18 Å². The van der Waals surface area contributed by atoms with E-state index in [1.165, 1.54) is 23.9 Å². The summed E-state index contributed by atoms with van der Waals surface area (Å²) in [5.74, 6) is -0.856. The number of hydrogen-bond acceptors (Lipinski definition) is 5. The minimum absolute atomic E-state index is 0.0794. The number of halogens is 3. The summed E-state index contributed by atoms with van der Waals surface area (Å²) in [5, 5.41) is 0. The summed E-state index contributed by atoms with van der Waals surface area (Å²) in [6.07, 6.45) is 3.00. The molecule has 1 atom stereocenters. The molecule has 2 aliphatic heterocycles. The first-order valence-electron chi connectivity index (χ1n) is 14.2. The van der Waals surface area contributed by atoms with Crippen molar-refractivity contribution in [3.63, 3.8) is 0 Å². The highest BCUT2D eigenvalue weighted by molar-refractivity contribution is 7.88. The molecule has 0 radical (unpaired) electrons. The third-order valence-electron chi connectivity index (χ3n) is 9.04. The van der Waals surface area contributed by atoms with Gasteiger partial charge in [0.1, 0.15) is 0 Å². The van der Waals surface area contributed by atoms with Crippen LogP contribution in [0.25, 0.3) is 0 Å². The van der Waals surface area contributed by atoms with Gasteiger partial charge in [-0.25, -0.2) is 13.1 Å². The number of nitrogens with one attached hydrogen (secondary N) is 1. The van der Waals surface area contributed by atoms with Crippen molar-refractivity contribution >= 4 is 21.6 Å². The SMILES string of the molecule is O=C(c1ccc2c(c1)C(NS(=O)(=O)Cc1ccccc1C(F)(F)F)CC2)N1CCC2(CC1)CCN(c1ccncc1)C2. The maximum absolute atomic E-state index is 13.5. The maximum atomic E-state index is 13.5. The molecule has 0 bridgehead atoms. The Morgan fingerprint density at radius 2 is 1.71 bits per heavy atom. The van der Waals surface area contributed by atoms with Crippen LogP contribution in [0.4, 0.5) is 18.9 Å². The van der Waals surface area contributed by atoms with Crippen molar-refractivity contribution < 1.29 is 26.4 Å². The number of amides is 1. The number of sulfonamides is 1. The number of nitrogens with zero attached hydrogens (tertiary/aromatic N) is 3. The molecule has 2 saturated heterocycles. The number of aryl methyl sites for hydroxylation is 1. The zero-order valence-corrected chi connectivity index (χ0v) is 23.9. The zero-order valence-electron chi connectivity index (χ0n) is 23.1. The number of benzene rings is 2. The first-order valence-corrected chi connectivity index (χ1v) is 15.9. The number of anilines is 1. The number of likely N-dealkylation sites (tertiary alicyclic amines) is 1. The molecule has 1 aromatic heterocycles. The van der Waals surface area contributed by atoms with Gasteiger partial charge in [0.15, 0.2) is 0 Å². The van der Waals surface area contributed by atoms with E-state index >= 15 is 0 Å². The topological polar surface area (TPSA) is 82.6 Å². The molecule has 0 saturated carbocycles. The molecule has 6 rings (SSSR count). The molecule has 3 aliphatic rings. The Balaban J connectivity index is 1.11. The van der Waals surface area contributed by atoms with Gasteiger partial charge in [0.2, 0.25) is 10.0 Å². The summed E-state index contributed by atoms with van der Waals surface area (Å²) >= 11 is 0. The Morgan fingerprint density at radius 1 is 1.00 bits per heavy atom. The van der Waals surface area contributed by atoms with Crippen molar-refractivity contribution in [3.05, 3.63) is 94.8 Å². The van der Waals surface area contributed by atoms with Crippen molar-refractivity contribution in [1.29, 1.82) is 0 Å². The fraction of sp³-hybridized carbons (Fsp3) is 0.419.